The largest absolute Gasteiger partial charge is 0.378 e. The second kappa shape index (κ2) is 8.94. The van der Waals surface area contributed by atoms with Crippen LogP contribution in [-0.4, -0.2) is 75.4 Å². The van der Waals surface area contributed by atoms with Gasteiger partial charge in [-0.25, -0.2) is 8.42 Å². The highest BCUT2D eigenvalue weighted by molar-refractivity contribution is 9.10. The molecule has 1 saturated heterocycles. The number of nitrogens with one attached hydrogen (secondary N) is 1. The molecule has 2 amide bonds. The molecule has 1 heterocycles. The van der Waals surface area contributed by atoms with Crippen LogP contribution in [-0.2, 0) is 24.3 Å². The molecule has 1 aromatic carbocycles. The van der Waals surface area contributed by atoms with E-state index in [9.17, 15) is 18.0 Å². The average molecular weight is 448 g/mol. The van der Waals surface area contributed by atoms with Crippen LogP contribution in [0.4, 0.5) is 0 Å². The summed E-state index contributed by atoms with van der Waals surface area (Å²) in [5.74, 6) is -0.748. The van der Waals surface area contributed by atoms with E-state index in [-0.39, 0.29) is 17.3 Å². The number of hydrogen-bond donors (Lipinski definition) is 1. The molecule has 0 radical (unpaired) electrons. The lowest BCUT2D eigenvalue weighted by Gasteiger charge is -2.29. The summed E-state index contributed by atoms with van der Waals surface area (Å²) < 4.78 is 31.9. The maximum absolute atomic E-state index is 12.5. The first kappa shape index (κ1) is 20.8. The molecule has 1 aromatic rings. The second-order valence-electron chi connectivity index (χ2n) is 5.94. The van der Waals surface area contributed by atoms with Crippen molar-refractivity contribution in [1.29, 1.82) is 0 Å². The summed E-state index contributed by atoms with van der Waals surface area (Å²) in [6.07, 6.45) is 0. The van der Waals surface area contributed by atoms with E-state index in [0.29, 0.717) is 26.3 Å². The van der Waals surface area contributed by atoms with Gasteiger partial charge in [-0.15, -0.1) is 0 Å². The monoisotopic (exact) mass is 447 g/mol. The maximum Gasteiger partial charge on any atom is 0.245 e. The van der Waals surface area contributed by atoms with Gasteiger partial charge in [-0.1, -0.05) is 15.9 Å². The van der Waals surface area contributed by atoms with Crippen LogP contribution in [0.5, 0.6) is 0 Å². The minimum absolute atomic E-state index is 0.0911. The summed E-state index contributed by atoms with van der Waals surface area (Å²) in [5, 5.41) is 2.56. The van der Waals surface area contributed by atoms with Gasteiger partial charge in [0.25, 0.3) is 0 Å². The molecule has 26 heavy (non-hydrogen) atoms. The summed E-state index contributed by atoms with van der Waals surface area (Å²) >= 11 is 3.25. The van der Waals surface area contributed by atoms with Crippen LogP contribution in [0.2, 0.25) is 0 Å². The fourth-order valence-corrected chi connectivity index (χ4v) is 3.87. The predicted molar refractivity (Wildman–Crippen MR) is 99.0 cm³/mol. The third kappa shape index (κ3) is 5.26. The molecule has 1 aliphatic rings. The normalized spacial score (nSPS) is 16.4. The number of benzene rings is 1. The quantitative estimate of drug-likeness (QED) is 0.681. The van der Waals surface area contributed by atoms with Crippen molar-refractivity contribution in [3.05, 3.63) is 28.7 Å². The third-order valence-electron chi connectivity index (χ3n) is 3.96. The number of likely N-dealkylation sites (N-methyl/N-ethyl adjacent to an activating group) is 1. The van der Waals surface area contributed by atoms with Gasteiger partial charge >= 0.3 is 0 Å². The summed E-state index contributed by atoms with van der Waals surface area (Å²) in [4.78, 5) is 26.2. The number of carbonyl (C=O) groups is 2. The Morgan fingerprint density at radius 1 is 1.27 bits per heavy atom. The zero-order valence-electron chi connectivity index (χ0n) is 14.6. The zero-order chi connectivity index (χ0) is 19.3. The molecule has 1 fully saturated rings. The number of hydrogen-bond acceptors (Lipinski definition) is 5. The molecule has 1 unspecified atom stereocenters. The van der Waals surface area contributed by atoms with Crippen LogP contribution in [0.1, 0.15) is 6.92 Å². The van der Waals surface area contributed by atoms with E-state index in [1.807, 2.05) is 0 Å². The molecule has 2 rings (SSSR count). The van der Waals surface area contributed by atoms with E-state index in [4.69, 9.17) is 4.74 Å². The zero-order valence-corrected chi connectivity index (χ0v) is 17.0. The van der Waals surface area contributed by atoms with Gasteiger partial charge in [0.2, 0.25) is 21.8 Å². The minimum Gasteiger partial charge on any atom is -0.378 e. The maximum atomic E-state index is 12.5. The van der Waals surface area contributed by atoms with Crippen molar-refractivity contribution < 1.29 is 22.7 Å². The van der Waals surface area contributed by atoms with Gasteiger partial charge in [0.05, 0.1) is 24.7 Å². The number of halogens is 1. The highest BCUT2D eigenvalue weighted by Crippen LogP contribution is 2.17. The second-order valence-corrected chi connectivity index (χ2v) is 8.90. The standard InChI is InChI=1S/C16H22BrN3O5S/c1-12(16(22)20-7-9-25-10-8-20)18-15(21)11-19(2)26(23,24)14-5-3-13(17)4-6-14/h3-6,12H,7-11H2,1-2H3,(H,18,21). The Bertz CT molecular complexity index is 748. The fourth-order valence-electron chi connectivity index (χ4n) is 2.48. The van der Waals surface area contributed by atoms with Gasteiger partial charge in [-0.3, -0.25) is 9.59 Å². The molecule has 144 valence electrons. The molecule has 0 aliphatic carbocycles. The lowest BCUT2D eigenvalue weighted by Crippen LogP contribution is -2.52. The average Bonchev–Trinajstić information content (AvgIpc) is 2.61. The minimum atomic E-state index is -3.79. The first-order valence-electron chi connectivity index (χ1n) is 8.09. The molecule has 0 aromatic heterocycles. The molecule has 0 saturated carbocycles. The van der Waals surface area contributed by atoms with Crippen LogP contribution >= 0.6 is 15.9 Å². The van der Waals surface area contributed by atoms with Gasteiger partial charge in [0.15, 0.2) is 0 Å². The molecule has 10 heteroatoms. The Morgan fingerprint density at radius 3 is 2.42 bits per heavy atom. The molecule has 1 N–H and O–H groups in total. The van der Waals surface area contributed by atoms with Crippen molar-refractivity contribution in [3.63, 3.8) is 0 Å². The molecular formula is C16H22BrN3O5S. The smallest absolute Gasteiger partial charge is 0.245 e. The Morgan fingerprint density at radius 2 is 1.85 bits per heavy atom. The Labute approximate surface area is 161 Å². The van der Waals surface area contributed by atoms with Crippen LogP contribution < -0.4 is 5.32 Å². The molecule has 8 nitrogen and oxygen atoms in total. The Kier molecular flexibility index (Phi) is 7.16. The van der Waals surface area contributed by atoms with Crippen LogP contribution in [0.3, 0.4) is 0 Å². The van der Waals surface area contributed by atoms with Crippen LogP contribution in [0, 0.1) is 0 Å². The molecule has 1 aliphatic heterocycles. The van der Waals surface area contributed by atoms with E-state index in [1.54, 1.807) is 24.0 Å². The van der Waals surface area contributed by atoms with Crippen molar-refractivity contribution in [2.75, 3.05) is 39.9 Å². The third-order valence-corrected chi connectivity index (χ3v) is 6.31. The number of carbonyl (C=O) groups excluding carboxylic acids is 2. The highest BCUT2D eigenvalue weighted by atomic mass is 79.9. The fraction of sp³-hybridized carbons (Fsp3) is 0.500. The van der Waals surface area contributed by atoms with E-state index >= 15 is 0 Å². The number of amides is 2. The first-order valence-corrected chi connectivity index (χ1v) is 10.3. The predicted octanol–water partition coefficient (Wildman–Crippen LogP) is 0.433. The Hall–Kier alpha value is -1.49. The van der Waals surface area contributed by atoms with Gasteiger partial charge in [-0.05, 0) is 31.2 Å². The SMILES string of the molecule is CC(NC(=O)CN(C)S(=O)(=O)c1ccc(Br)cc1)C(=O)N1CCOCC1. The molecule has 0 bridgehead atoms. The highest BCUT2D eigenvalue weighted by Gasteiger charge is 2.26. The number of morpholine rings is 1. The van der Waals surface area contributed by atoms with E-state index in [0.717, 1.165) is 8.78 Å². The number of ether oxygens (including phenoxy) is 1. The van der Waals surface area contributed by atoms with E-state index in [1.165, 1.54) is 19.2 Å². The number of nitrogens with zero attached hydrogens (tertiary/aromatic N) is 2. The van der Waals surface area contributed by atoms with Gasteiger partial charge in [-0.2, -0.15) is 4.31 Å². The Balaban J connectivity index is 1.93. The van der Waals surface area contributed by atoms with Crippen molar-refractivity contribution in [2.24, 2.45) is 0 Å². The summed E-state index contributed by atoms with van der Waals surface area (Å²) in [5.41, 5.74) is 0. The molecule has 1 atom stereocenters. The first-order chi connectivity index (χ1) is 12.2. The van der Waals surface area contributed by atoms with Crippen molar-refractivity contribution in [1.82, 2.24) is 14.5 Å². The number of rotatable bonds is 6. The van der Waals surface area contributed by atoms with Gasteiger partial charge in [0, 0.05) is 24.6 Å². The lowest BCUT2D eigenvalue weighted by atomic mass is 10.2. The van der Waals surface area contributed by atoms with Crippen LogP contribution in [0.15, 0.2) is 33.6 Å². The summed E-state index contributed by atoms with van der Waals surface area (Å²) in [7, 11) is -2.46. The van der Waals surface area contributed by atoms with Crippen molar-refractivity contribution in [2.45, 2.75) is 17.9 Å². The van der Waals surface area contributed by atoms with Crippen molar-refractivity contribution in [3.8, 4) is 0 Å². The summed E-state index contributed by atoms with van der Waals surface area (Å²) in [6, 6.07) is 5.41. The number of sulfonamides is 1. The van der Waals surface area contributed by atoms with E-state index < -0.39 is 22.0 Å². The lowest BCUT2D eigenvalue weighted by molar-refractivity contribution is -0.139. The van der Waals surface area contributed by atoms with Gasteiger partial charge < -0.3 is 15.0 Å². The molecular weight excluding hydrogens is 426 g/mol. The topological polar surface area (TPSA) is 96.0 Å². The molecule has 0 spiro atoms. The van der Waals surface area contributed by atoms with E-state index in [2.05, 4.69) is 21.2 Å². The van der Waals surface area contributed by atoms with Crippen LogP contribution in [0.25, 0.3) is 0 Å². The van der Waals surface area contributed by atoms with Crippen molar-refractivity contribution >= 4 is 37.8 Å². The van der Waals surface area contributed by atoms with Gasteiger partial charge in [0.1, 0.15) is 6.04 Å². The summed E-state index contributed by atoms with van der Waals surface area (Å²) in [6.45, 7) is 3.12.